The van der Waals surface area contributed by atoms with Gasteiger partial charge in [0, 0.05) is 35.4 Å². The fourth-order valence-corrected chi connectivity index (χ4v) is 2.75. The Kier molecular flexibility index (Phi) is 5.45. The summed E-state index contributed by atoms with van der Waals surface area (Å²) in [5.74, 6) is 0.557. The van der Waals surface area contributed by atoms with Crippen molar-refractivity contribution in [2.24, 2.45) is 0 Å². The van der Waals surface area contributed by atoms with Crippen LogP contribution in [0, 0.1) is 0 Å². The summed E-state index contributed by atoms with van der Waals surface area (Å²) in [4.78, 5) is 4.31. The van der Waals surface area contributed by atoms with Gasteiger partial charge >= 0.3 is 0 Å². The average molecular weight is 343 g/mol. The van der Waals surface area contributed by atoms with E-state index in [1.807, 2.05) is 35.0 Å². The molecule has 1 atom stereocenters. The Morgan fingerprint density at radius 1 is 1.42 bits per heavy atom. The highest BCUT2D eigenvalue weighted by molar-refractivity contribution is 9.10. The third kappa shape index (κ3) is 4.07. The second kappa shape index (κ2) is 7.09. The van der Waals surface area contributed by atoms with Gasteiger partial charge in [0.25, 0.3) is 0 Å². The lowest BCUT2D eigenvalue weighted by Gasteiger charge is -2.10. The van der Waals surface area contributed by atoms with E-state index in [2.05, 4.69) is 20.9 Å². The molecule has 1 N–H and O–H groups in total. The molecule has 0 radical (unpaired) electrons. The van der Waals surface area contributed by atoms with Crippen LogP contribution >= 0.6 is 27.7 Å². The zero-order valence-corrected chi connectivity index (χ0v) is 12.9. The number of hydrogen-bond acceptors (Lipinski definition) is 4. The van der Waals surface area contributed by atoms with E-state index in [9.17, 15) is 5.11 Å². The van der Waals surface area contributed by atoms with Crippen molar-refractivity contribution in [3.05, 3.63) is 41.1 Å². The summed E-state index contributed by atoms with van der Waals surface area (Å²) in [6.07, 6.45) is 3.19. The van der Waals surface area contributed by atoms with E-state index in [0.29, 0.717) is 12.4 Å². The van der Waals surface area contributed by atoms with E-state index in [4.69, 9.17) is 4.74 Å². The Labute approximate surface area is 124 Å². The number of aliphatic hydroxyl groups excluding tert-OH is 1. The fraction of sp³-hybridized carbons (Fsp3) is 0.308. The molecule has 0 spiro atoms. The molecule has 102 valence electrons. The minimum Gasteiger partial charge on any atom is -0.390 e. The molecule has 2 rings (SSSR count). The number of benzene rings is 1. The summed E-state index contributed by atoms with van der Waals surface area (Å²) in [6, 6.07) is 8.01. The number of nitrogens with zero attached hydrogens (tertiary/aromatic N) is 2. The topological polar surface area (TPSA) is 47.3 Å². The monoisotopic (exact) mass is 342 g/mol. The molecule has 2 aromatic rings. The SMILES string of the molecule is COC[C@@H](O)CSc1nccn1-c1ccc(Br)cc1. The minimum atomic E-state index is -0.481. The predicted molar refractivity (Wildman–Crippen MR) is 79.9 cm³/mol. The maximum atomic E-state index is 9.66. The van der Waals surface area contributed by atoms with Crippen molar-refractivity contribution in [1.29, 1.82) is 0 Å². The lowest BCUT2D eigenvalue weighted by molar-refractivity contribution is 0.0793. The van der Waals surface area contributed by atoms with Crippen molar-refractivity contribution >= 4 is 27.7 Å². The smallest absolute Gasteiger partial charge is 0.172 e. The Morgan fingerprint density at radius 2 is 2.16 bits per heavy atom. The van der Waals surface area contributed by atoms with E-state index in [1.165, 1.54) is 11.8 Å². The van der Waals surface area contributed by atoms with Gasteiger partial charge in [-0.2, -0.15) is 0 Å². The second-order valence-electron chi connectivity index (χ2n) is 3.98. The average Bonchev–Trinajstić information content (AvgIpc) is 2.86. The summed E-state index contributed by atoms with van der Waals surface area (Å²) in [6.45, 7) is 0.339. The molecule has 1 aromatic heterocycles. The Hall–Kier alpha value is -0.820. The van der Waals surface area contributed by atoms with Crippen LogP contribution in [0.2, 0.25) is 0 Å². The number of halogens is 1. The van der Waals surface area contributed by atoms with Crippen LogP contribution in [-0.2, 0) is 4.74 Å². The first kappa shape index (κ1) is 14.6. The zero-order chi connectivity index (χ0) is 13.7. The molecule has 6 heteroatoms. The van der Waals surface area contributed by atoms with Gasteiger partial charge in [0.2, 0.25) is 0 Å². The molecular weight excluding hydrogens is 328 g/mol. The zero-order valence-electron chi connectivity index (χ0n) is 10.5. The molecule has 0 bridgehead atoms. The van der Waals surface area contributed by atoms with Gasteiger partial charge in [0.15, 0.2) is 5.16 Å². The van der Waals surface area contributed by atoms with Crippen molar-refractivity contribution in [3.8, 4) is 5.69 Å². The van der Waals surface area contributed by atoms with Gasteiger partial charge in [-0.05, 0) is 24.3 Å². The molecule has 4 nitrogen and oxygen atoms in total. The maximum Gasteiger partial charge on any atom is 0.172 e. The highest BCUT2D eigenvalue weighted by Crippen LogP contribution is 2.22. The van der Waals surface area contributed by atoms with Gasteiger partial charge in [-0.3, -0.25) is 4.57 Å². The highest BCUT2D eigenvalue weighted by Gasteiger charge is 2.09. The number of hydrogen-bond donors (Lipinski definition) is 1. The molecule has 0 unspecified atom stereocenters. The number of rotatable bonds is 6. The van der Waals surface area contributed by atoms with E-state index in [-0.39, 0.29) is 0 Å². The molecule has 1 aromatic carbocycles. The lowest BCUT2D eigenvalue weighted by atomic mass is 10.3. The largest absolute Gasteiger partial charge is 0.390 e. The number of imidazole rings is 1. The van der Waals surface area contributed by atoms with Crippen molar-refractivity contribution in [2.75, 3.05) is 19.5 Å². The normalized spacial score (nSPS) is 12.6. The van der Waals surface area contributed by atoms with Crippen molar-refractivity contribution in [1.82, 2.24) is 9.55 Å². The van der Waals surface area contributed by atoms with Crippen LogP contribution in [0.5, 0.6) is 0 Å². The molecule has 0 saturated carbocycles. The molecule has 0 fully saturated rings. The third-order valence-electron chi connectivity index (χ3n) is 2.48. The van der Waals surface area contributed by atoms with Gasteiger partial charge < -0.3 is 9.84 Å². The molecule has 0 aliphatic carbocycles. The minimum absolute atomic E-state index is 0.339. The van der Waals surface area contributed by atoms with E-state index in [1.54, 1.807) is 13.3 Å². The number of methoxy groups -OCH3 is 1. The summed E-state index contributed by atoms with van der Waals surface area (Å²) < 4.78 is 7.95. The number of aliphatic hydroxyl groups is 1. The van der Waals surface area contributed by atoms with Crippen LogP contribution < -0.4 is 0 Å². The Morgan fingerprint density at radius 3 is 2.84 bits per heavy atom. The van der Waals surface area contributed by atoms with Gasteiger partial charge in [-0.1, -0.05) is 27.7 Å². The summed E-state index contributed by atoms with van der Waals surface area (Å²) in [7, 11) is 1.58. The van der Waals surface area contributed by atoms with Crippen LogP contribution in [0.25, 0.3) is 5.69 Å². The van der Waals surface area contributed by atoms with E-state index < -0.39 is 6.10 Å². The standard InChI is InChI=1S/C13H15BrN2O2S/c1-18-8-12(17)9-19-13-15-6-7-16(13)11-4-2-10(14)3-5-11/h2-7,12,17H,8-9H2,1H3/t12-/m1/s1. The van der Waals surface area contributed by atoms with E-state index in [0.717, 1.165) is 15.3 Å². The quantitative estimate of drug-likeness (QED) is 0.820. The van der Waals surface area contributed by atoms with Crippen LogP contribution in [0.15, 0.2) is 46.3 Å². The number of aromatic nitrogens is 2. The fourth-order valence-electron chi connectivity index (χ4n) is 1.61. The van der Waals surface area contributed by atoms with Gasteiger partial charge in [-0.15, -0.1) is 0 Å². The van der Waals surface area contributed by atoms with Crippen LogP contribution in [0.3, 0.4) is 0 Å². The summed E-state index contributed by atoms with van der Waals surface area (Å²) >= 11 is 4.93. The Bertz CT molecular complexity index is 516. The third-order valence-corrected chi connectivity index (χ3v) is 4.12. The van der Waals surface area contributed by atoms with Crippen LogP contribution in [0.4, 0.5) is 0 Å². The van der Waals surface area contributed by atoms with Crippen molar-refractivity contribution in [2.45, 2.75) is 11.3 Å². The Balaban J connectivity index is 2.07. The molecule has 19 heavy (non-hydrogen) atoms. The number of ether oxygens (including phenoxy) is 1. The van der Waals surface area contributed by atoms with Gasteiger partial charge in [-0.25, -0.2) is 4.98 Å². The van der Waals surface area contributed by atoms with Crippen LogP contribution in [0.1, 0.15) is 0 Å². The molecule has 0 aliphatic rings. The first-order chi connectivity index (χ1) is 9.20. The van der Waals surface area contributed by atoms with Gasteiger partial charge in [0.05, 0.1) is 12.7 Å². The molecular formula is C13H15BrN2O2S. The lowest BCUT2D eigenvalue weighted by Crippen LogP contribution is -2.17. The maximum absolute atomic E-state index is 9.66. The summed E-state index contributed by atoms with van der Waals surface area (Å²) in [5.41, 5.74) is 1.05. The predicted octanol–water partition coefficient (Wildman–Crippen LogP) is 2.73. The van der Waals surface area contributed by atoms with Gasteiger partial charge in [0.1, 0.15) is 0 Å². The molecule has 0 aliphatic heterocycles. The first-order valence-corrected chi connectivity index (χ1v) is 7.57. The first-order valence-electron chi connectivity index (χ1n) is 5.80. The van der Waals surface area contributed by atoms with E-state index >= 15 is 0 Å². The number of thioether (sulfide) groups is 1. The van der Waals surface area contributed by atoms with Crippen LogP contribution in [-0.4, -0.2) is 40.2 Å². The summed E-state index contributed by atoms with van der Waals surface area (Å²) in [5, 5.41) is 10.5. The molecule has 0 saturated heterocycles. The second-order valence-corrected chi connectivity index (χ2v) is 5.88. The molecule has 1 heterocycles. The van der Waals surface area contributed by atoms with Crippen molar-refractivity contribution < 1.29 is 9.84 Å². The highest BCUT2D eigenvalue weighted by atomic mass is 79.9. The van der Waals surface area contributed by atoms with Crippen molar-refractivity contribution in [3.63, 3.8) is 0 Å². The molecule has 0 amide bonds.